The van der Waals surface area contributed by atoms with Crippen molar-refractivity contribution in [3.05, 3.63) is 34.9 Å². The van der Waals surface area contributed by atoms with Gasteiger partial charge in [0.05, 0.1) is 5.54 Å². The fraction of sp³-hybridized carbons (Fsp3) is 0.571. The van der Waals surface area contributed by atoms with Crippen LogP contribution in [-0.2, 0) is 5.54 Å². The van der Waals surface area contributed by atoms with E-state index in [9.17, 15) is 0 Å². The third-order valence-corrected chi connectivity index (χ3v) is 3.80. The first-order valence-corrected chi connectivity index (χ1v) is 6.06. The Kier molecular flexibility index (Phi) is 3.04. The van der Waals surface area contributed by atoms with Crippen molar-refractivity contribution in [2.24, 2.45) is 5.73 Å². The van der Waals surface area contributed by atoms with Crippen molar-refractivity contribution in [3.8, 4) is 0 Å². The lowest BCUT2D eigenvalue weighted by Gasteiger charge is -2.39. The fourth-order valence-corrected chi connectivity index (χ4v) is 2.59. The van der Waals surface area contributed by atoms with Gasteiger partial charge in [-0.15, -0.1) is 0 Å². The molecule has 1 heterocycles. The van der Waals surface area contributed by atoms with Gasteiger partial charge in [-0.2, -0.15) is 0 Å². The third-order valence-electron chi connectivity index (χ3n) is 3.80. The lowest BCUT2D eigenvalue weighted by molar-refractivity contribution is 0.179. The standard InChI is InChI=1S/C14H22N2/c1-11-5-6-13(9-12(11)2)14(15)7-4-8-16(3)10-14/h5-6,9H,4,7-8,10,15H2,1-3H3. The monoisotopic (exact) mass is 218 g/mol. The number of aryl methyl sites for hydroxylation is 2. The van der Waals surface area contributed by atoms with Gasteiger partial charge in [0.25, 0.3) is 0 Å². The Morgan fingerprint density at radius 2 is 2.00 bits per heavy atom. The lowest BCUT2D eigenvalue weighted by Crippen LogP contribution is -2.50. The van der Waals surface area contributed by atoms with E-state index in [1.54, 1.807) is 0 Å². The number of rotatable bonds is 1. The van der Waals surface area contributed by atoms with Crippen LogP contribution in [-0.4, -0.2) is 25.0 Å². The highest BCUT2D eigenvalue weighted by Crippen LogP contribution is 2.29. The van der Waals surface area contributed by atoms with Crippen molar-refractivity contribution >= 4 is 0 Å². The molecular formula is C14H22N2. The van der Waals surface area contributed by atoms with Gasteiger partial charge >= 0.3 is 0 Å². The van der Waals surface area contributed by atoms with Crippen LogP contribution < -0.4 is 5.73 Å². The number of benzene rings is 1. The van der Waals surface area contributed by atoms with Gasteiger partial charge in [0.1, 0.15) is 0 Å². The van der Waals surface area contributed by atoms with Crippen LogP contribution in [0.2, 0.25) is 0 Å². The minimum Gasteiger partial charge on any atom is -0.320 e. The molecule has 0 bridgehead atoms. The molecule has 0 amide bonds. The summed E-state index contributed by atoms with van der Waals surface area (Å²) in [6, 6.07) is 6.64. The number of nitrogens with two attached hydrogens (primary N) is 1. The summed E-state index contributed by atoms with van der Waals surface area (Å²) in [5.74, 6) is 0. The zero-order valence-electron chi connectivity index (χ0n) is 10.6. The molecule has 2 nitrogen and oxygen atoms in total. The maximum atomic E-state index is 6.55. The molecule has 1 aliphatic rings. The maximum Gasteiger partial charge on any atom is 0.0539 e. The summed E-state index contributed by atoms with van der Waals surface area (Å²) in [6.07, 6.45) is 2.29. The van der Waals surface area contributed by atoms with Crippen LogP contribution in [0.25, 0.3) is 0 Å². The molecule has 0 aromatic heterocycles. The maximum absolute atomic E-state index is 6.55. The van der Waals surface area contributed by atoms with Gasteiger partial charge in [0, 0.05) is 6.54 Å². The summed E-state index contributed by atoms with van der Waals surface area (Å²) in [7, 11) is 2.15. The van der Waals surface area contributed by atoms with E-state index < -0.39 is 0 Å². The highest BCUT2D eigenvalue weighted by Gasteiger charge is 2.31. The molecule has 1 atom stereocenters. The van der Waals surface area contributed by atoms with Crippen molar-refractivity contribution in [2.75, 3.05) is 20.1 Å². The molecule has 1 unspecified atom stereocenters. The van der Waals surface area contributed by atoms with Crippen molar-refractivity contribution in [2.45, 2.75) is 32.2 Å². The van der Waals surface area contributed by atoms with Gasteiger partial charge in [-0.05, 0) is 57.0 Å². The SMILES string of the molecule is Cc1ccc(C2(N)CCCN(C)C2)cc1C. The molecular weight excluding hydrogens is 196 g/mol. The molecule has 2 heteroatoms. The predicted octanol–water partition coefficient (Wildman–Crippen LogP) is 2.18. The van der Waals surface area contributed by atoms with Crippen LogP contribution in [0.15, 0.2) is 18.2 Å². The van der Waals surface area contributed by atoms with E-state index in [-0.39, 0.29) is 5.54 Å². The average molecular weight is 218 g/mol. The number of likely N-dealkylation sites (tertiary alicyclic amines) is 1. The van der Waals surface area contributed by atoms with E-state index in [4.69, 9.17) is 5.73 Å². The summed E-state index contributed by atoms with van der Waals surface area (Å²) in [4.78, 5) is 2.33. The van der Waals surface area contributed by atoms with E-state index in [2.05, 4.69) is 44.0 Å². The minimum atomic E-state index is -0.147. The van der Waals surface area contributed by atoms with E-state index in [0.717, 1.165) is 13.0 Å². The van der Waals surface area contributed by atoms with Crippen LogP contribution in [0.5, 0.6) is 0 Å². The largest absolute Gasteiger partial charge is 0.320 e. The Hall–Kier alpha value is -0.860. The van der Waals surface area contributed by atoms with Crippen molar-refractivity contribution in [1.82, 2.24) is 4.90 Å². The second-order valence-corrected chi connectivity index (χ2v) is 5.30. The Morgan fingerprint density at radius 1 is 1.25 bits per heavy atom. The number of piperidine rings is 1. The van der Waals surface area contributed by atoms with Gasteiger partial charge in [-0.1, -0.05) is 18.2 Å². The normalized spacial score (nSPS) is 27.0. The summed E-state index contributed by atoms with van der Waals surface area (Å²) >= 11 is 0. The summed E-state index contributed by atoms with van der Waals surface area (Å²) in [5, 5.41) is 0. The lowest BCUT2D eigenvalue weighted by atomic mass is 9.82. The van der Waals surface area contributed by atoms with E-state index in [0.29, 0.717) is 0 Å². The topological polar surface area (TPSA) is 29.3 Å². The van der Waals surface area contributed by atoms with Crippen LogP contribution >= 0.6 is 0 Å². The number of likely N-dealkylation sites (N-methyl/N-ethyl adjacent to an activating group) is 1. The molecule has 1 aromatic rings. The minimum absolute atomic E-state index is 0.147. The Bertz CT molecular complexity index is 386. The fourth-order valence-electron chi connectivity index (χ4n) is 2.59. The number of nitrogens with zero attached hydrogens (tertiary/aromatic N) is 1. The summed E-state index contributed by atoms with van der Waals surface area (Å²) < 4.78 is 0. The van der Waals surface area contributed by atoms with Crippen molar-refractivity contribution in [3.63, 3.8) is 0 Å². The number of hydrogen-bond donors (Lipinski definition) is 1. The van der Waals surface area contributed by atoms with Crippen LogP contribution in [0.4, 0.5) is 0 Å². The van der Waals surface area contributed by atoms with Gasteiger partial charge in [0.15, 0.2) is 0 Å². The molecule has 0 saturated carbocycles. The Morgan fingerprint density at radius 3 is 2.62 bits per heavy atom. The van der Waals surface area contributed by atoms with Crippen molar-refractivity contribution in [1.29, 1.82) is 0 Å². The van der Waals surface area contributed by atoms with Gasteiger partial charge in [-0.25, -0.2) is 0 Å². The molecule has 1 saturated heterocycles. The van der Waals surface area contributed by atoms with E-state index in [1.165, 1.54) is 29.7 Å². The average Bonchev–Trinajstić information content (AvgIpc) is 2.21. The Labute approximate surface area is 98.4 Å². The summed E-state index contributed by atoms with van der Waals surface area (Å²) in [5.41, 5.74) is 10.4. The molecule has 16 heavy (non-hydrogen) atoms. The molecule has 1 aliphatic heterocycles. The van der Waals surface area contributed by atoms with Gasteiger partial charge in [-0.3, -0.25) is 0 Å². The highest BCUT2D eigenvalue weighted by molar-refractivity contribution is 5.34. The zero-order valence-corrected chi connectivity index (χ0v) is 10.6. The zero-order chi connectivity index (χ0) is 11.8. The molecule has 88 valence electrons. The van der Waals surface area contributed by atoms with E-state index >= 15 is 0 Å². The summed E-state index contributed by atoms with van der Waals surface area (Å²) in [6.45, 7) is 6.45. The Balaban J connectivity index is 2.31. The molecule has 0 aliphatic carbocycles. The predicted molar refractivity (Wildman–Crippen MR) is 68.5 cm³/mol. The molecule has 0 spiro atoms. The second kappa shape index (κ2) is 4.19. The number of hydrogen-bond acceptors (Lipinski definition) is 2. The van der Waals surface area contributed by atoms with Gasteiger partial charge in [0.2, 0.25) is 0 Å². The second-order valence-electron chi connectivity index (χ2n) is 5.30. The first-order chi connectivity index (χ1) is 7.51. The van der Waals surface area contributed by atoms with Crippen LogP contribution in [0.1, 0.15) is 29.5 Å². The first-order valence-electron chi connectivity index (χ1n) is 6.06. The first kappa shape index (κ1) is 11.6. The van der Waals surface area contributed by atoms with Crippen LogP contribution in [0, 0.1) is 13.8 Å². The molecule has 2 N–H and O–H groups in total. The quantitative estimate of drug-likeness (QED) is 0.783. The third kappa shape index (κ3) is 2.13. The van der Waals surface area contributed by atoms with E-state index in [1.807, 2.05) is 0 Å². The van der Waals surface area contributed by atoms with Crippen molar-refractivity contribution < 1.29 is 0 Å². The molecule has 1 fully saturated rings. The molecule has 1 aromatic carbocycles. The highest BCUT2D eigenvalue weighted by atomic mass is 15.1. The van der Waals surface area contributed by atoms with Crippen LogP contribution in [0.3, 0.4) is 0 Å². The molecule has 0 radical (unpaired) electrons. The smallest absolute Gasteiger partial charge is 0.0539 e. The molecule has 2 rings (SSSR count). The van der Waals surface area contributed by atoms with Gasteiger partial charge < -0.3 is 10.6 Å².